The van der Waals surface area contributed by atoms with Crippen molar-refractivity contribution >= 4 is 22.9 Å². The lowest BCUT2D eigenvalue weighted by Gasteiger charge is -2.10. The summed E-state index contributed by atoms with van der Waals surface area (Å²) in [5.41, 5.74) is 4.37. The Morgan fingerprint density at radius 3 is 3.38 bits per heavy atom. The number of hydrogen-bond donors (Lipinski definition) is 1. The minimum atomic E-state index is 0.346. The Bertz CT molecular complexity index is 300. The van der Waals surface area contributed by atoms with Gasteiger partial charge in [-0.3, -0.25) is 0 Å². The first kappa shape index (κ1) is 9.46. The van der Waals surface area contributed by atoms with Crippen molar-refractivity contribution in [3.63, 3.8) is 0 Å². The lowest BCUT2D eigenvalue weighted by atomic mass is 10.2. The van der Waals surface area contributed by atoms with Crippen LogP contribution in [-0.2, 0) is 11.3 Å². The molecular formula is C9H12ClNOS. The fraction of sp³-hybridized carbons (Fsp3) is 0.556. The van der Waals surface area contributed by atoms with Crippen molar-refractivity contribution in [2.24, 2.45) is 0 Å². The highest BCUT2D eigenvalue weighted by molar-refractivity contribution is 7.16. The van der Waals surface area contributed by atoms with Crippen LogP contribution in [0.5, 0.6) is 0 Å². The van der Waals surface area contributed by atoms with Gasteiger partial charge >= 0.3 is 0 Å². The maximum Gasteiger partial charge on any atom is 0.0934 e. The zero-order valence-electron chi connectivity index (χ0n) is 7.47. The third kappa shape index (κ3) is 1.89. The predicted molar refractivity (Wildman–Crippen MR) is 55.2 cm³/mol. The van der Waals surface area contributed by atoms with E-state index in [9.17, 15) is 0 Å². The predicted octanol–water partition coefficient (Wildman–Crippen LogP) is 2.93. The van der Waals surface area contributed by atoms with E-state index in [0.717, 1.165) is 17.2 Å². The first-order valence-corrected chi connectivity index (χ1v) is 5.66. The quantitative estimate of drug-likeness (QED) is 0.787. The number of thiophene rings is 1. The molecule has 1 atom stereocenters. The van der Waals surface area contributed by atoms with Gasteiger partial charge in [-0.25, -0.2) is 0 Å². The van der Waals surface area contributed by atoms with Crippen LogP contribution >= 0.6 is 22.9 Å². The van der Waals surface area contributed by atoms with E-state index in [1.54, 1.807) is 11.3 Å². The fourth-order valence-electron chi connectivity index (χ4n) is 1.64. The molecule has 0 bridgehead atoms. The second-order valence-corrected chi connectivity index (χ2v) is 4.84. The Balaban J connectivity index is 2.08. The Kier molecular flexibility index (Phi) is 2.89. The Morgan fingerprint density at radius 1 is 1.77 bits per heavy atom. The van der Waals surface area contributed by atoms with Crippen molar-refractivity contribution in [3.8, 4) is 0 Å². The minimum Gasteiger partial charge on any atom is -0.302 e. The van der Waals surface area contributed by atoms with Crippen LogP contribution in [0.3, 0.4) is 0 Å². The van der Waals surface area contributed by atoms with E-state index in [2.05, 4.69) is 5.48 Å². The molecule has 1 N–H and O–H groups in total. The Morgan fingerprint density at radius 2 is 2.62 bits per heavy atom. The number of nitrogens with one attached hydrogen (secondary N) is 1. The molecule has 0 spiro atoms. The zero-order chi connectivity index (χ0) is 9.26. The molecule has 1 aliphatic carbocycles. The molecule has 0 fully saturated rings. The molecule has 2 nitrogen and oxygen atoms in total. The van der Waals surface area contributed by atoms with Gasteiger partial charge in [-0.2, -0.15) is 5.48 Å². The van der Waals surface area contributed by atoms with Crippen LogP contribution in [0.4, 0.5) is 0 Å². The second-order valence-electron chi connectivity index (χ2n) is 3.07. The minimum absolute atomic E-state index is 0.346. The summed E-state index contributed by atoms with van der Waals surface area (Å²) in [6.45, 7) is 2.67. The maximum atomic E-state index is 5.93. The van der Waals surface area contributed by atoms with Crippen LogP contribution in [0.25, 0.3) is 0 Å². The molecule has 1 aromatic rings. The van der Waals surface area contributed by atoms with Crippen molar-refractivity contribution < 1.29 is 4.84 Å². The van der Waals surface area contributed by atoms with E-state index in [4.69, 9.17) is 16.4 Å². The van der Waals surface area contributed by atoms with Gasteiger partial charge in [0, 0.05) is 4.88 Å². The normalized spacial score (nSPS) is 20.6. The molecule has 0 saturated heterocycles. The molecule has 72 valence electrons. The van der Waals surface area contributed by atoms with E-state index in [-0.39, 0.29) is 0 Å². The molecule has 1 heterocycles. The third-order valence-electron chi connectivity index (χ3n) is 2.22. The number of aryl methyl sites for hydroxylation is 1. The molecule has 2 rings (SSSR count). The summed E-state index contributed by atoms with van der Waals surface area (Å²) in [4.78, 5) is 6.60. The molecule has 0 radical (unpaired) electrons. The van der Waals surface area contributed by atoms with Gasteiger partial charge in [0.05, 0.1) is 17.0 Å². The monoisotopic (exact) mass is 217 g/mol. The van der Waals surface area contributed by atoms with Gasteiger partial charge in [0.15, 0.2) is 0 Å². The summed E-state index contributed by atoms with van der Waals surface area (Å²) in [5.74, 6) is 0. The van der Waals surface area contributed by atoms with E-state index in [1.807, 2.05) is 13.0 Å². The molecule has 1 aromatic heterocycles. The van der Waals surface area contributed by atoms with Crippen LogP contribution in [0.15, 0.2) is 6.07 Å². The van der Waals surface area contributed by atoms with Gasteiger partial charge in [-0.05, 0) is 31.4 Å². The van der Waals surface area contributed by atoms with Crippen molar-refractivity contribution in [2.45, 2.75) is 25.8 Å². The van der Waals surface area contributed by atoms with Crippen molar-refractivity contribution in [3.05, 3.63) is 20.8 Å². The highest BCUT2D eigenvalue weighted by Crippen LogP contribution is 2.39. The highest BCUT2D eigenvalue weighted by Gasteiger charge is 2.24. The van der Waals surface area contributed by atoms with Crippen LogP contribution in [0.2, 0.25) is 4.34 Å². The van der Waals surface area contributed by atoms with Crippen LogP contribution in [0.1, 0.15) is 29.8 Å². The van der Waals surface area contributed by atoms with Crippen molar-refractivity contribution in [1.29, 1.82) is 0 Å². The first-order chi connectivity index (χ1) is 6.31. The third-order valence-corrected chi connectivity index (χ3v) is 3.56. The molecule has 13 heavy (non-hydrogen) atoms. The average molecular weight is 218 g/mol. The van der Waals surface area contributed by atoms with Crippen molar-refractivity contribution in [1.82, 2.24) is 5.48 Å². The molecule has 4 heteroatoms. The molecule has 0 saturated carbocycles. The molecular weight excluding hydrogens is 206 g/mol. The first-order valence-electron chi connectivity index (χ1n) is 4.46. The molecule has 0 aliphatic heterocycles. The highest BCUT2D eigenvalue weighted by atomic mass is 35.5. The van der Waals surface area contributed by atoms with Gasteiger partial charge in [0.25, 0.3) is 0 Å². The largest absolute Gasteiger partial charge is 0.302 e. The lowest BCUT2D eigenvalue weighted by molar-refractivity contribution is 0.0245. The smallest absolute Gasteiger partial charge is 0.0934 e. The van der Waals surface area contributed by atoms with Gasteiger partial charge < -0.3 is 4.84 Å². The average Bonchev–Trinajstić information content (AvgIpc) is 2.61. The van der Waals surface area contributed by atoms with E-state index < -0.39 is 0 Å². The van der Waals surface area contributed by atoms with Gasteiger partial charge in [0.2, 0.25) is 0 Å². The number of hydroxylamine groups is 1. The summed E-state index contributed by atoms with van der Waals surface area (Å²) in [5, 5.41) is 0. The molecule has 0 amide bonds. The number of hydrogen-bond acceptors (Lipinski definition) is 3. The van der Waals surface area contributed by atoms with E-state index in [1.165, 1.54) is 10.4 Å². The van der Waals surface area contributed by atoms with Crippen LogP contribution < -0.4 is 5.48 Å². The number of rotatable bonds is 3. The second kappa shape index (κ2) is 3.96. The fourth-order valence-corrected chi connectivity index (χ4v) is 2.99. The summed E-state index contributed by atoms with van der Waals surface area (Å²) in [6, 6.07) is 2.39. The Labute approximate surface area is 86.8 Å². The van der Waals surface area contributed by atoms with Gasteiger partial charge in [-0.1, -0.05) is 11.6 Å². The molecule has 1 aliphatic rings. The summed E-state index contributed by atoms with van der Waals surface area (Å²) < 4.78 is 0.882. The number of halogens is 1. The van der Waals surface area contributed by atoms with E-state index >= 15 is 0 Å². The van der Waals surface area contributed by atoms with E-state index in [0.29, 0.717) is 12.6 Å². The zero-order valence-corrected chi connectivity index (χ0v) is 9.04. The van der Waals surface area contributed by atoms with Gasteiger partial charge in [0.1, 0.15) is 0 Å². The van der Waals surface area contributed by atoms with Gasteiger partial charge in [-0.15, -0.1) is 11.3 Å². The lowest BCUT2D eigenvalue weighted by Crippen LogP contribution is -2.19. The standard InChI is InChI=1S/C9H12ClNOS/c1-2-12-11-7-3-4-8-6(7)5-9(10)13-8/h5,7,11H,2-4H2,1H3. The summed E-state index contributed by atoms with van der Waals surface area (Å²) in [6.07, 6.45) is 2.25. The van der Waals surface area contributed by atoms with Crippen LogP contribution in [0, 0.1) is 0 Å². The molecule has 1 unspecified atom stereocenters. The SMILES string of the molecule is CCONC1CCc2sc(Cl)cc21. The van der Waals surface area contributed by atoms with Crippen LogP contribution in [-0.4, -0.2) is 6.61 Å². The van der Waals surface area contributed by atoms with Crippen molar-refractivity contribution in [2.75, 3.05) is 6.61 Å². The summed E-state index contributed by atoms with van der Waals surface area (Å²) >= 11 is 7.61. The summed E-state index contributed by atoms with van der Waals surface area (Å²) in [7, 11) is 0. The molecule has 0 aromatic carbocycles. The Hall–Kier alpha value is -0.0900. The number of fused-ring (bicyclic) bond motifs is 1. The maximum absolute atomic E-state index is 5.93. The topological polar surface area (TPSA) is 21.3 Å².